The Morgan fingerprint density at radius 2 is 1.89 bits per heavy atom. The molecule has 0 bridgehead atoms. The van der Waals surface area contributed by atoms with Crippen LogP contribution in [0.25, 0.3) is 0 Å². The number of benzene rings is 1. The van der Waals surface area contributed by atoms with Gasteiger partial charge in [0.2, 0.25) is 0 Å². The van der Waals surface area contributed by atoms with Crippen LogP contribution in [0.15, 0.2) is 24.3 Å². The van der Waals surface area contributed by atoms with Gasteiger partial charge in [0.1, 0.15) is 12.3 Å². The highest BCUT2D eigenvalue weighted by Gasteiger charge is 2.22. The summed E-state index contributed by atoms with van der Waals surface area (Å²) in [7, 11) is 0. The van der Waals surface area contributed by atoms with Crippen LogP contribution in [0.4, 0.5) is 14.9 Å². The average molecular weight is 268 g/mol. The lowest BCUT2D eigenvalue weighted by molar-refractivity contribution is 0.0222. The third-order valence-corrected chi connectivity index (χ3v) is 2.36. The monoisotopic (exact) mass is 268 g/mol. The zero-order valence-electron chi connectivity index (χ0n) is 11.6. The number of hydrogen-bond acceptors (Lipinski definition) is 3. The standard InChI is InChI=1S/C14H21FN2O2/c1-14(2,3)19-13(18)17(9-8-15)10-11-4-6-12(16)7-5-11/h4-7H,8-10,16H2,1-3H3. The van der Waals surface area contributed by atoms with E-state index in [4.69, 9.17) is 10.5 Å². The van der Waals surface area contributed by atoms with Crippen molar-refractivity contribution in [3.8, 4) is 0 Å². The van der Waals surface area contributed by atoms with Crippen molar-refractivity contribution in [2.75, 3.05) is 19.0 Å². The summed E-state index contributed by atoms with van der Waals surface area (Å²) in [5.41, 5.74) is 6.54. The second-order valence-corrected chi connectivity index (χ2v) is 5.33. The summed E-state index contributed by atoms with van der Waals surface area (Å²) in [4.78, 5) is 13.3. The highest BCUT2D eigenvalue weighted by Crippen LogP contribution is 2.13. The molecule has 1 amide bonds. The van der Waals surface area contributed by atoms with Crippen LogP contribution in [0.2, 0.25) is 0 Å². The van der Waals surface area contributed by atoms with E-state index in [0.29, 0.717) is 12.2 Å². The van der Waals surface area contributed by atoms with E-state index in [9.17, 15) is 9.18 Å². The quantitative estimate of drug-likeness (QED) is 0.854. The maximum atomic E-state index is 12.5. The third kappa shape index (κ3) is 5.59. The number of nitrogens with two attached hydrogens (primary N) is 1. The van der Waals surface area contributed by atoms with Gasteiger partial charge in [-0.15, -0.1) is 0 Å². The molecule has 0 aliphatic rings. The summed E-state index contributed by atoms with van der Waals surface area (Å²) in [6, 6.07) is 7.12. The van der Waals surface area contributed by atoms with E-state index in [1.807, 2.05) is 12.1 Å². The van der Waals surface area contributed by atoms with E-state index >= 15 is 0 Å². The summed E-state index contributed by atoms with van der Waals surface area (Å²) in [5.74, 6) is 0. The second-order valence-electron chi connectivity index (χ2n) is 5.33. The summed E-state index contributed by atoms with van der Waals surface area (Å²) in [6.45, 7) is 5.05. The van der Waals surface area contributed by atoms with E-state index in [1.54, 1.807) is 32.9 Å². The lowest BCUT2D eigenvalue weighted by Gasteiger charge is -2.26. The zero-order chi connectivity index (χ0) is 14.5. The van der Waals surface area contributed by atoms with Crippen LogP contribution in [0.3, 0.4) is 0 Å². The van der Waals surface area contributed by atoms with Crippen molar-refractivity contribution in [3.63, 3.8) is 0 Å². The fourth-order valence-corrected chi connectivity index (χ4v) is 1.51. The highest BCUT2D eigenvalue weighted by molar-refractivity contribution is 5.68. The number of nitrogens with zero attached hydrogens (tertiary/aromatic N) is 1. The van der Waals surface area contributed by atoms with Crippen molar-refractivity contribution in [2.24, 2.45) is 0 Å². The van der Waals surface area contributed by atoms with E-state index in [-0.39, 0.29) is 6.54 Å². The van der Waals surface area contributed by atoms with Gasteiger partial charge < -0.3 is 15.4 Å². The molecule has 0 saturated carbocycles. The van der Waals surface area contributed by atoms with Crippen LogP contribution >= 0.6 is 0 Å². The van der Waals surface area contributed by atoms with Gasteiger partial charge in [-0.2, -0.15) is 0 Å². The molecule has 0 atom stereocenters. The fraction of sp³-hybridized carbons (Fsp3) is 0.500. The number of amides is 1. The van der Waals surface area contributed by atoms with Crippen LogP contribution in [-0.2, 0) is 11.3 Å². The minimum atomic E-state index is -0.603. The zero-order valence-corrected chi connectivity index (χ0v) is 11.6. The maximum absolute atomic E-state index is 12.5. The molecule has 1 aromatic carbocycles. The molecule has 1 aromatic rings. The number of nitrogen functional groups attached to an aromatic ring is 1. The maximum Gasteiger partial charge on any atom is 0.410 e. The molecular formula is C14H21FN2O2. The Hall–Kier alpha value is -1.78. The van der Waals surface area contributed by atoms with Crippen LogP contribution in [0, 0.1) is 0 Å². The highest BCUT2D eigenvalue weighted by atomic mass is 19.1. The van der Waals surface area contributed by atoms with Gasteiger partial charge in [-0.1, -0.05) is 12.1 Å². The molecule has 106 valence electrons. The fourth-order valence-electron chi connectivity index (χ4n) is 1.51. The smallest absolute Gasteiger partial charge is 0.410 e. The molecule has 1 rings (SSSR count). The summed E-state index contributed by atoms with van der Waals surface area (Å²) < 4.78 is 17.8. The molecule has 0 radical (unpaired) electrons. The molecular weight excluding hydrogens is 247 g/mol. The first kappa shape index (κ1) is 15.3. The molecule has 0 fully saturated rings. The molecule has 0 aliphatic heterocycles. The molecule has 0 saturated heterocycles. The van der Waals surface area contributed by atoms with Crippen molar-refractivity contribution in [1.82, 2.24) is 4.90 Å². The lowest BCUT2D eigenvalue weighted by Crippen LogP contribution is -2.37. The average Bonchev–Trinajstić information content (AvgIpc) is 2.29. The number of alkyl halides is 1. The van der Waals surface area contributed by atoms with Gasteiger partial charge >= 0.3 is 6.09 Å². The van der Waals surface area contributed by atoms with E-state index in [0.717, 1.165) is 5.56 Å². The van der Waals surface area contributed by atoms with E-state index in [2.05, 4.69) is 0 Å². The molecule has 0 spiro atoms. The SMILES string of the molecule is CC(C)(C)OC(=O)N(CCF)Cc1ccc(N)cc1. The first-order chi connectivity index (χ1) is 8.81. The Labute approximate surface area is 113 Å². The molecule has 5 heteroatoms. The third-order valence-electron chi connectivity index (χ3n) is 2.36. The largest absolute Gasteiger partial charge is 0.444 e. The summed E-state index contributed by atoms with van der Waals surface area (Å²) in [6.07, 6.45) is -0.512. The molecule has 19 heavy (non-hydrogen) atoms. The molecule has 0 aliphatic carbocycles. The Bertz CT molecular complexity index is 412. The minimum absolute atomic E-state index is 0.0132. The Balaban J connectivity index is 2.72. The second kappa shape index (κ2) is 6.41. The number of anilines is 1. The van der Waals surface area contributed by atoms with Crippen LogP contribution < -0.4 is 5.73 Å². The lowest BCUT2D eigenvalue weighted by atomic mass is 10.2. The van der Waals surface area contributed by atoms with E-state index < -0.39 is 18.4 Å². The topological polar surface area (TPSA) is 55.6 Å². The molecule has 0 aromatic heterocycles. The predicted octanol–water partition coefficient (Wildman–Crippen LogP) is 2.98. The van der Waals surface area contributed by atoms with Gasteiger partial charge in [-0.05, 0) is 38.5 Å². The van der Waals surface area contributed by atoms with Crippen LogP contribution in [-0.4, -0.2) is 29.8 Å². The van der Waals surface area contributed by atoms with Gasteiger partial charge in [0.15, 0.2) is 0 Å². The summed E-state index contributed by atoms with van der Waals surface area (Å²) in [5, 5.41) is 0. The molecule has 0 unspecified atom stereocenters. The van der Waals surface area contributed by atoms with Gasteiger partial charge in [-0.25, -0.2) is 9.18 Å². The van der Waals surface area contributed by atoms with Gasteiger partial charge in [-0.3, -0.25) is 0 Å². The first-order valence-corrected chi connectivity index (χ1v) is 6.20. The molecule has 0 heterocycles. The van der Waals surface area contributed by atoms with Crippen molar-refractivity contribution in [2.45, 2.75) is 32.9 Å². The Kier molecular flexibility index (Phi) is 5.15. The number of carbonyl (C=O) groups excluding carboxylic acids is 1. The number of carbonyl (C=O) groups is 1. The molecule has 2 N–H and O–H groups in total. The van der Waals surface area contributed by atoms with E-state index in [1.165, 1.54) is 4.90 Å². The number of rotatable bonds is 4. The van der Waals surface area contributed by atoms with Gasteiger partial charge in [0.05, 0.1) is 6.54 Å². The number of ether oxygens (including phenoxy) is 1. The molecule has 4 nitrogen and oxygen atoms in total. The number of halogens is 1. The Morgan fingerprint density at radius 3 is 2.37 bits per heavy atom. The predicted molar refractivity (Wildman–Crippen MR) is 73.5 cm³/mol. The van der Waals surface area contributed by atoms with Gasteiger partial charge in [0.25, 0.3) is 0 Å². The van der Waals surface area contributed by atoms with Crippen molar-refractivity contribution in [3.05, 3.63) is 29.8 Å². The van der Waals surface area contributed by atoms with Gasteiger partial charge in [0, 0.05) is 12.2 Å². The van der Waals surface area contributed by atoms with Crippen LogP contribution in [0.1, 0.15) is 26.3 Å². The van der Waals surface area contributed by atoms with Crippen molar-refractivity contribution >= 4 is 11.8 Å². The minimum Gasteiger partial charge on any atom is -0.444 e. The normalized spacial score (nSPS) is 11.2. The number of hydrogen-bond donors (Lipinski definition) is 1. The van der Waals surface area contributed by atoms with Crippen LogP contribution in [0.5, 0.6) is 0 Å². The van der Waals surface area contributed by atoms with Crippen molar-refractivity contribution in [1.29, 1.82) is 0 Å². The first-order valence-electron chi connectivity index (χ1n) is 6.20. The summed E-state index contributed by atoms with van der Waals surface area (Å²) >= 11 is 0. The Morgan fingerprint density at radius 1 is 1.32 bits per heavy atom. The van der Waals surface area contributed by atoms with Crippen molar-refractivity contribution < 1.29 is 13.9 Å².